The smallest absolute Gasteiger partial charge is 0.257 e. The number of aromatic nitrogens is 1. The molecule has 0 saturated carbocycles. The number of rotatable bonds is 5. The Bertz CT molecular complexity index is 943. The summed E-state index contributed by atoms with van der Waals surface area (Å²) in [6.45, 7) is 6.56. The first-order valence-corrected chi connectivity index (χ1v) is 9.14. The van der Waals surface area contributed by atoms with Crippen LogP contribution in [0.2, 0.25) is 0 Å². The highest BCUT2D eigenvalue weighted by Gasteiger charge is 2.13. The third kappa shape index (κ3) is 4.88. The van der Waals surface area contributed by atoms with Gasteiger partial charge in [-0.05, 0) is 47.4 Å². The van der Waals surface area contributed by atoms with Crippen LogP contribution >= 0.6 is 0 Å². The van der Waals surface area contributed by atoms with E-state index in [1.165, 1.54) is 5.56 Å². The number of carbonyl (C=O) groups is 1. The summed E-state index contributed by atoms with van der Waals surface area (Å²) in [5.41, 5.74) is 3.50. The molecular formula is C23H25N3O2. The number of amides is 1. The number of nitrogens with zero attached hydrogens (tertiary/aromatic N) is 1. The molecule has 2 N–H and O–H groups in total. The van der Waals surface area contributed by atoms with Gasteiger partial charge in [-0.25, -0.2) is 4.98 Å². The van der Waals surface area contributed by atoms with E-state index in [4.69, 9.17) is 4.74 Å². The van der Waals surface area contributed by atoms with Crippen molar-refractivity contribution in [2.45, 2.75) is 26.2 Å². The first-order chi connectivity index (χ1) is 13.3. The van der Waals surface area contributed by atoms with Crippen molar-refractivity contribution in [1.82, 2.24) is 4.98 Å². The molecule has 0 saturated heterocycles. The summed E-state index contributed by atoms with van der Waals surface area (Å²) in [6.07, 6.45) is 1.56. The molecule has 0 aliphatic rings. The average molecular weight is 375 g/mol. The second-order valence-corrected chi connectivity index (χ2v) is 7.57. The molecule has 0 aliphatic carbocycles. The van der Waals surface area contributed by atoms with E-state index in [1.54, 1.807) is 31.5 Å². The van der Waals surface area contributed by atoms with Crippen molar-refractivity contribution in [2.75, 3.05) is 17.7 Å². The maximum Gasteiger partial charge on any atom is 0.257 e. The normalized spacial score (nSPS) is 11.0. The minimum Gasteiger partial charge on any atom is -0.497 e. The van der Waals surface area contributed by atoms with Gasteiger partial charge in [-0.15, -0.1) is 0 Å². The average Bonchev–Trinajstić information content (AvgIpc) is 2.68. The molecule has 3 rings (SSSR count). The molecule has 5 nitrogen and oxygen atoms in total. The largest absolute Gasteiger partial charge is 0.497 e. The van der Waals surface area contributed by atoms with Gasteiger partial charge < -0.3 is 15.4 Å². The minimum absolute atomic E-state index is 0.120. The van der Waals surface area contributed by atoms with Crippen LogP contribution in [0, 0.1) is 0 Å². The molecule has 0 atom stereocenters. The number of hydrogen-bond acceptors (Lipinski definition) is 4. The molecule has 3 aromatic rings. The van der Waals surface area contributed by atoms with E-state index in [0.717, 1.165) is 5.69 Å². The SMILES string of the molecule is COc1cccc(NC(=O)c2ccc(Nc3ccc(C(C)(C)C)cc3)nc2)c1. The number of hydrogen-bond donors (Lipinski definition) is 2. The maximum atomic E-state index is 12.4. The Hall–Kier alpha value is -3.34. The predicted molar refractivity (Wildman–Crippen MR) is 114 cm³/mol. The van der Waals surface area contributed by atoms with Crippen LogP contribution in [0.25, 0.3) is 0 Å². The highest BCUT2D eigenvalue weighted by atomic mass is 16.5. The standard InChI is InChI=1S/C23H25N3O2/c1-23(2,3)17-9-11-18(12-10-17)25-21-13-8-16(15-24-21)22(27)26-19-6-5-7-20(14-19)28-4/h5-15H,1-4H3,(H,24,25)(H,26,27). The van der Waals surface area contributed by atoms with Crippen LogP contribution < -0.4 is 15.4 Å². The van der Waals surface area contributed by atoms with E-state index in [0.29, 0.717) is 22.8 Å². The summed E-state index contributed by atoms with van der Waals surface area (Å²) in [5.74, 6) is 1.15. The Kier molecular flexibility index (Phi) is 5.64. The Morgan fingerprint density at radius 1 is 0.964 bits per heavy atom. The second kappa shape index (κ2) is 8.13. The number of nitrogens with one attached hydrogen (secondary N) is 2. The van der Waals surface area contributed by atoms with Crippen molar-refractivity contribution in [3.63, 3.8) is 0 Å². The molecule has 2 aromatic carbocycles. The van der Waals surface area contributed by atoms with Crippen molar-refractivity contribution >= 4 is 23.1 Å². The minimum atomic E-state index is -0.221. The quantitative estimate of drug-likeness (QED) is 0.628. The van der Waals surface area contributed by atoms with E-state index in [-0.39, 0.29) is 11.3 Å². The predicted octanol–water partition coefficient (Wildman–Crippen LogP) is 5.38. The van der Waals surface area contributed by atoms with Crippen LogP contribution in [0.1, 0.15) is 36.7 Å². The number of anilines is 3. The lowest BCUT2D eigenvalue weighted by atomic mass is 9.87. The molecule has 5 heteroatoms. The van der Waals surface area contributed by atoms with E-state index in [2.05, 4.69) is 48.5 Å². The van der Waals surface area contributed by atoms with Gasteiger partial charge in [0, 0.05) is 23.6 Å². The molecule has 0 unspecified atom stereocenters. The fraction of sp³-hybridized carbons (Fsp3) is 0.217. The van der Waals surface area contributed by atoms with Gasteiger partial charge in [0.05, 0.1) is 12.7 Å². The van der Waals surface area contributed by atoms with Gasteiger partial charge >= 0.3 is 0 Å². The molecule has 1 heterocycles. The summed E-state index contributed by atoms with van der Waals surface area (Å²) in [7, 11) is 1.59. The van der Waals surface area contributed by atoms with Gasteiger partial charge in [0.25, 0.3) is 5.91 Å². The van der Waals surface area contributed by atoms with Gasteiger partial charge in [-0.1, -0.05) is 39.0 Å². The van der Waals surface area contributed by atoms with Crippen molar-refractivity contribution in [2.24, 2.45) is 0 Å². The van der Waals surface area contributed by atoms with Crippen LogP contribution in [-0.4, -0.2) is 18.0 Å². The third-order valence-corrected chi connectivity index (χ3v) is 4.38. The molecule has 1 aromatic heterocycles. The summed E-state index contributed by atoms with van der Waals surface area (Å²) in [4.78, 5) is 16.7. The van der Waals surface area contributed by atoms with Gasteiger partial charge in [-0.2, -0.15) is 0 Å². The van der Waals surface area contributed by atoms with Gasteiger partial charge in [-0.3, -0.25) is 4.79 Å². The Morgan fingerprint density at radius 3 is 2.32 bits per heavy atom. The summed E-state index contributed by atoms with van der Waals surface area (Å²) in [5, 5.41) is 6.10. The molecule has 28 heavy (non-hydrogen) atoms. The molecule has 1 amide bonds. The molecule has 0 radical (unpaired) electrons. The maximum absolute atomic E-state index is 12.4. The molecule has 144 valence electrons. The summed E-state index contributed by atoms with van der Waals surface area (Å²) in [6, 6.07) is 19.0. The number of benzene rings is 2. The zero-order valence-corrected chi connectivity index (χ0v) is 16.6. The Morgan fingerprint density at radius 2 is 1.71 bits per heavy atom. The molecule has 0 aliphatic heterocycles. The van der Waals surface area contributed by atoms with Gasteiger partial charge in [0.15, 0.2) is 0 Å². The molecular weight excluding hydrogens is 350 g/mol. The highest BCUT2D eigenvalue weighted by Crippen LogP contribution is 2.24. The number of carbonyl (C=O) groups excluding carboxylic acids is 1. The van der Waals surface area contributed by atoms with E-state index < -0.39 is 0 Å². The lowest BCUT2D eigenvalue weighted by Crippen LogP contribution is -2.12. The highest BCUT2D eigenvalue weighted by molar-refractivity contribution is 6.04. The molecule has 0 fully saturated rings. The van der Waals surface area contributed by atoms with E-state index in [9.17, 15) is 4.79 Å². The van der Waals surface area contributed by atoms with Crippen molar-refractivity contribution < 1.29 is 9.53 Å². The first kappa shape index (κ1) is 19.4. The third-order valence-electron chi connectivity index (χ3n) is 4.38. The van der Waals surface area contributed by atoms with Crippen LogP contribution in [-0.2, 0) is 5.41 Å². The van der Waals surface area contributed by atoms with Crippen molar-refractivity contribution in [3.8, 4) is 5.75 Å². The number of methoxy groups -OCH3 is 1. The van der Waals surface area contributed by atoms with Crippen LogP contribution in [0.5, 0.6) is 5.75 Å². The molecule has 0 bridgehead atoms. The lowest BCUT2D eigenvalue weighted by molar-refractivity contribution is 0.102. The van der Waals surface area contributed by atoms with E-state index >= 15 is 0 Å². The van der Waals surface area contributed by atoms with Gasteiger partial charge in [0.2, 0.25) is 0 Å². The van der Waals surface area contributed by atoms with E-state index in [1.807, 2.05) is 30.3 Å². The number of ether oxygens (including phenoxy) is 1. The first-order valence-electron chi connectivity index (χ1n) is 9.14. The van der Waals surface area contributed by atoms with Crippen molar-refractivity contribution in [3.05, 3.63) is 78.0 Å². The lowest BCUT2D eigenvalue weighted by Gasteiger charge is -2.19. The molecule has 0 spiro atoms. The Balaban J connectivity index is 1.65. The number of pyridine rings is 1. The monoisotopic (exact) mass is 375 g/mol. The second-order valence-electron chi connectivity index (χ2n) is 7.57. The zero-order valence-electron chi connectivity index (χ0n) is 16.6. The topological polar surface area (TPSA) is 63.2 Å². The van der Waals surface area contributed by atoms with Crippen LogP contribution in [0.4, 0.5) is 17.2 Å². The summed E-state index contributed by atoms with van der Waals surface area (Å²) >= 11 is 0. The fourth-order valence-electron chi connectivity index (χ4n) is 2.71. The van der Waals surface area contributed by atoms with Crippen molar-refractivity contribution in [1.29, 1.82) is 0 Å². The van der Waals surface area contributed by atoms with Gasteiger partial charge in [0.1, 0.15) is 11.6 Å². The fourth-order valence-corrected chi connectivity index (χ4v) is 2.71. The van der Waals surface area contributed by atoms with Crippen LogP contribution in [0.3, 0.4) is 0 Å². The Labute approximate surface area is 165 Å². The summed E-state index contributed by atoms with van der Waals surface area (Å²) < 4.78 is 5.17. The zero-order chi connectivity index (χ0) is 20.1. The van der Waals surface area contributed by atoms with Crippen LogP contribution in [0.15, 0.2) is 66.9 Å².